The average Bonchev–Trinajstić information content (AvgIpc) is 3.06. The van der Waals surface area contributed by atoms with E-state index in [9.17, 15) is 19.5 Å². The molecule has 7 nitrogen and oxygen atoms in total. The summed E-state index contributed by atoms with van der Waals surface area (Å²) in [5, 5.41) is 12.4. The molecule has 1 atom stereocenters. The molecule has 2 aliphatic heterocycles. The van der Waals surface area contributed by atoms with Crippen molar-refractivity contribution in [1.82, 2.24) is 4.90 Å². The van der Waals surface area contributed by atoms with Crippen LogP contribution in [0.15, 0.2) is 48.2 Å². The van der Waals surface area contributed by atoms with E-state index in [2.05, 4.69) is 5.32 Å². The minimum Gasteiger partial charge on any atom is -0.396 e. The van der Waals surface area contributed by atoms with E-state index in [1.807, 2.05) is 30.9 Å². The molecule has 0 radical (unpaired) electrons. The highest BCUT2D eigenvalue weighted by atomic mass is 16.3. The molecule has 0 aliphatic carbocycles. The zero-order chi connectivity index (χ0) is 23.7. The topological polar surface area (TPSA) is 90.0 Å². The Kier molecular flexibility index (Phi) is 6.33. The molecular weight excluding hydrogens is 418 g/mol. The molecular formula is C26H29N3O4. The molecule has 0 bridgehead atoms. The lowest BCUT2D eigenvalue weighted by Gasteiger charge is -2.34. The summed E-state index contributed by atoms with van der Waals surface area (Å²) < 4.78 is 0. The molecule has 4 rings (SSSR count). The van der Waals surface area contributed by atoms with E-state index in [0.29, 0.717) is 41.3 Å². The van der Waals surface area contributed by atoms with Crippen molar-refractivity contribution in [2.75, 3.05) is 29.9 Å². The largest absolute Gasteiger partial charge is 0.396 e. The molecule has 33 heavy (non-hydrogen) atoms. The van der Waals surface area contributed by atoms with Gasteiger partial charge in [0.05, 0.1) is 11.3 Å². The maximum absolute atomic E-state index is 13.8. The van der Waals surface area contributed by atoms with Crippen molar-refractivity contribution in [2.45, 2.75) is 33.6 Å². The van der Waals surface area contributed by atoms with Gasteiger partial charge < -0.3 is 15.3 Å². The van der Waals surface area contributed by atoms with E-state index in [4.69, 9.17) is 0 Å². The number of carbonyl (C=O) groups excluding carboxylic acids is 3. The summed E-state index contributed by atoms with van der Waals surface area (Å²) in [6.45, 7) is 6.53. The summed E-state index contributed by atoms with van der Waals surface area (Å²) in [5.74, 6) is -0.818. The van der Waals surface area contributed by atoms with Gasteiger partial charge in [0, 0.05) is 32.3 Å². The van der Waals surface area contributed by atoms with Crippen LogP contribution >= 0.6 is 0 Å². The quantitative estimate of drug-likeness (QED) is 0.687. The number of anilines is 2. The van der Waals surface area contributed by atoms with E-state index < -0.39 is 0 Å². The monoisotopic (exact) mass is 447 g/mol. The van der Waals surface area contributed by atoms with Gasteiger partial charge in [0.15, 0.2) is 0 Å². The fourth-order valence-electron chi connectivity index (χ4n) is 4.61. The number of aryl methyl sites for hydroxylation is 1. The fourth-order valence-corrected chi connectivity index (χ4v) is 4.61. The van der Waals surface area contributed by atoms with Crippen molar-refractivity contribution in [3.8, 4) is 0 Å². The predicted octanol–water partition coefficient (Wildman–Crippen LogP) is 3.25. The smallest absolute Gasteiger partial charge is 0.282 e. The normalized spacial score (nSPS) is 18.8. The Morgan fingerprint density at radius 2 is 1.82 bits per heavy atom. The molecule has 0 spiro atoms. The molecule has 2 N–H and O–H groups in total. The van der Waals surface area contributed by atoms with Crippen LogP contribution in [0.2, 0.25) is 0 Å². The number of hydrogen-bond donors (Lipinski definition) is 2. The summed E-state index contributed by atoms with van der Waals surface area (Å²) in [6, 6.07) is 12.6. The number of imide groups is 1. The molecule has 1 fully saturated rings. The van der Waals surface area contributed by atoms with E-state index in [1.54, 1.807) is 30.3 Å². The van der Waals surface area contributed by atoms with Gasteiger partial charge in [-0.3, -0.25) is 14.4 Å². The fraction of sp³-hybridized carbons (Fsp3) is 0.346. The van der Waals surface area contributed by atoms with Gasteiger partial charge in [-0.25, -0.2) is 4.90 Å². The highest BCUT2D eigenvalue weighted by Gasteiger charge is 2.43. The number of rotatable bonds is 5. The third kappa shape index (κ3) is 4.28. The van der Waals surface area contributed by atoms with Crippen LogP contribution in [0, 0.1) is 19.8 Å². The van der Waals surface area contributed by atoms with E-state index in [-0.39, 0.29) is 30.2 Å². The number of hydrogen-bond acceptors (Lipinski definition) is 5. The number of carbonyl (C=O) groups is 3. The summed E-state index contributed by atoms with van der Waals surface area (Å²) in [6.07, 6.45) is 1.73. The van der Waals surface area contributed by atoms with Gasteiger partial charge in [0.25, 0.3) is 11.8 Å². The Morgan fingerprint density at radius 3 is 2.48 bits per heavy atom. The number of likely N-dealkylation sites (tertiary alicyclic amines) is 1. The van der Waals surface area contributed by atoms with Gasteiger partial charge in [-0.1, -0.05) is 24.3 Å². The number of aliphatic hydroxyl groups excluding tert-OH is 1. The molecule has 2 aliphatic rings. The van der Waals surface area contributed by atoms with E-state index >= 15 is 0 Å². The third-order valence-corrected chi connectivity index (χ3v) is 6.46. The molecule has 2 aromatic rings. The van der Waals surface area contributed by atoms with Crippen LogP contribution in [0.25, 0.3) is 5.57 Å². The maximum atomic E-state index is 13.8. The van der Waals surface area contributed by atoms with Crippen molar-refractivity contribution in [3.63, 3.8) is 0 Å². The summed E-state index contributed by atoms with van der Waals surface area (Å²) in [4.78, 5) is 42.1. The standard InChI is InChI=1S/C26H29N3O4/c1-16-6-4-8-22(17(16)2)29-25(32)23(20-9-11-21(12-10-20)27-18(3)31)24(26(29)33)28-13-5-7-19(14-28)15-30/h4,6,8-12,19,30H,5,7,13-15H2,1-3H3,(H,27,31). The SMILES string of the molecule is CC(=O)Nc1ccc(C2=C(N3CCCC(CO)C3)C(=O)N(c3cccc(C)c3C)C2=O)cc1. The number of nitrogens with one attached hydrogen (secondary N) is 1. The zero-order valence-electron chi connectivity index (χ0n) is 19.2. The molecule has 7 heteroatoms. The second kappa shape index (κ2) is 9.19. The summed E-state index contributed by atoms with van der Waals surface area (Å²) >= 11 is 0. The van der Waals surface area contributed by atoms with Gasteiger partial charge in [-0.05, 0) is 67.5 Å². The molecule has 1 unspecified atom stereocenters. The predicted molar refractivity (Wildman–Crippen MR) is 127 cm³/mol. The van der Waals surface area contributed by atoms with Crippen molar-refractivity contribution in [1.29, 1.82) is 0 Å². The first kappa shape index (κ1) is 22.7. The minimum absolute atomic E-state index is 0.0490. The first-order chi connectivity index (χ1) is 15.8. The Labute approximate surface area is 193 Å². The molecule has 0 aromatic heterocycles. The summed E-state index contributed by atoms with van der Waals surface area (Å²) in [7, 11) is 0. The zero-order valence-corrected chi connectivity index (χ0v) is 19.2. The van der Waals surface area contributed by atoms with Crippen LogP contribution in [0.5, 0.6) is 0 Å². The van der Waals surface area contributed by atoms with Crippen molar-refractivity contribution < 1.29 is 19.5 Å². The van der Waals surface area contributed by atoms with Gasteiger partial charge in [-0.15, -0.1) is 0 Å². The van der Waals surface area contributed by atoms with Crippen molar-refractivity contribution in [3.05, 3.63) is 64.9 Å². The van der Waals surface area contributed by atoms with Crippen LogP contribution in [0.4, 0.5) is 11.4 Å². The molecule has 2 heterocycles. The number of nitrogens with zero attached hydrogens (tertiary/aromatic N) is 2. The highest BCUT2D eigenvalue weighted by molar-refractivity contribution is 6.45. The molecule has 0 saturated carbocycles. The number of aliphatic hydroxyl groups is 1. The van der Waals surface area contributed by atoms with Gasteiger partial charge >= 0.3 is 0 Å². The third-order valence-electron chi connectivity index (χ3n) is 6.46. The van der Waals surface area contributed by atoms with Crippen LogP contribution in [0.1, 0.15) is 36.5 Å². The van der Waals surface area contributed by atoms with Gasteiger partial charge in [0.1, 0.15) is 5.70 Å². The lowest BCUT2D eigenvalue weighted by molar-refractivity contribution is -0.121. The molecule has 2 aromatic carbocycles. The van der Waals surface area contributed by atoms with Gasteiger partial charge in [0.2, 0.25) is 5.91 Å². The van der Waals surface area contributed by atoms with Crippen LogP contribution in [-0.4, -0.2) is 47.4 Å². The number of amides is 3. The van der Waals surface area contributed by atoms with Crippen molar-refractivity contribution in [2.24, 2.45) is 5.92 Å². The molecule has 172 valence electrons. The lowest BCUT2D eigenvalue weighted by Crippen LogP contribution is -2.40. The first-order valence-corrected chi connectivity index (χ1v) is 11.2. The summed E-state index contributed by atoms with van der Waals surface area (Å²) in [5.41, 5.74) is 4.45. The average molecular weight is 448 g/mol. The Hall–Kier alpha value is -3.45. The van der Waals surface area contributed by atoms with Crippen LogP contribution < -0.4 is 10.2 Å². The first-order valence-electron chi connectivity index (χ1n) is 11.2. The second-order valence-electron chi connectivity index (χ2n) is 8.78. The Balaban J connectivity index is 1.81. The molecule has 3 amide bonds. The highest BCUT2D eigenvalue weighted by Crippen LogP contribution is 2.38. The van der Waals surface area contributed by atoms with E-state index in [1.165, 1.54) is 11.8 Å². The maximum Gasteiger partial charge on any atom is 0.282 e. The molecule has 1 saturated heterocycles. The Morgan fingerprint density at radius 1 is 1.09 bits per heavy atom. The van der Waals surface area contributed by atoms with Crippen LogP contribution in [0.3, 0.4) is 0 Å². The van der Waals surface area contributed by atoms with Crippen LogP contribution in [-0.2, 0) is 14.4 Å². The van der Waals surface area contributed by atoms with Crippen molar-refractivity contribution >= 4 is 34.7 Å². The minimum atomic E-state index is -0.359. The lowest BCUT2D eigenvalue weighted by atomic mass is 9.97. The number of benzene rings is 2. The Bertz CT molecular complexity index is 1140. The van der Waals surface area contributed by atoms with E-state index in [0.717, 1.165) is 24.0 Å². The van der Waals surface area contributed by atoms with Gasteiger partial charge in [-0.2, -0.15) is 0 Å². The second-order valence-corrected chi connectivity index (χ2v) is 8.78. The number of piperidine rings is 1.